The number of carbonyl (C=O) groups excluding carboxylic acids is 5. The van der Waals surface area contributed by atoms with E-state index in [-0.39, 0.29) is 23.6 Å². The Hall–Kier alpha value is -3.99. The van der Waals surface area contributed by atoms with Gasteiger partial charge in [0.05, 0.1) is 60.2 Å². The number of ether oxygens (including phenoxy) is 3. The first-order chi connectivity index (χ1) is 20.0. The molecule has 4 amide bonds. The average Bonchev–Trinajstić information content (AvgIpc) is 3.41. The number of para-hydroxylation sites is 4. The SMILES string of the molecule is CCOC(=O)C1=C(C)C2(Br)[C@@H]3C(=O)N(c4ccccc4OC)C(=O)[C@H]3C1(C)[C@H]1C(=O)N(c3ccccc3OC)C(=O)[C@@H]12. The van der Waals surface area contributed by atoms with Crippen molar-refractivity contribution in [3.63, 3.8) is 0 Å². The standard InChI is InChI=1S/C31H29BrN2O8/c1-6-42-29(39)20-15(2)31(32)23-21(25(35)33(27(23)37)16-11-7-9-13-18(16)40-4)30(20,3)22-24(31)28(38)34(26(22)36)17-12-8-10-14-19(17)41-5/h7-14,21-24H,6H2,1-5H3/t21-,22+,23-,24+,30?,31?. The molecule has 2 heterocycles. The molecule has 2 aromatic rings. The lowest BCUT2D eigenvalue weighted by Gasteiger charge is -2.59. The monoisotopic (exact) mass is 636 g/mol. The Morgan fingerprint density at radius 2 is 1.19 bits per heavy atom. The Morgan fingerprint density at radius 1 is 0.786 bits per heavy atom. The molecule has 42 heavy (non-hydrogen) atoms. The number of esters is 1. The normalized spacial score (nSPS) is 31.5. The van der Waals surface area contributed by atoms with Gasteiger partial charge in [0.1, 0.15) is 11.5 Å². The lowest BCUT2D eigenvalue weighted by atomic mass is 9.43. The molecular formula is C31H29BrN2O8. The molecule has 2 aliphatic heterocycles. The lowest BCUT2D eigenvalue weighted by Crippen LogP contribution is -2.67. The summed E-state index contributed by atoms with van der Waals surface area (Å²) in [7, 11) is 2.87. The zero-order valence-electron chi connectivity index (χ0n) is 23.7. The molecule has 2 bridgehead atoms. The molecule has 1 saturated carbocycles. The number of rotatable bonds is 6. The number of allylic oxidation sites excluding steroid dienone is 1. The van der Waals surface area contributed by atoms with E-state index in [9.17, 15) is 24.0 Å². The van der Waals surface area contributed by atoms with Crippen LogP contribution in [-0.4, -0.2) is 54.7 Å². The molecule has 3 fully saturated rings. The predicted molar refractivity (Wildman–Crippen MR) is 154 cm³/mol. The number of imide groups is 2. The molecule has 0 aromatic heterocycles. The van der Waals surface area contributed by atoms with Gasteiger partial charge in [0.25, 0.3) is 0 Å². The van der Waals surface area contributed by atoms with Crippen LogP contribution in [-0.2, 0) is 28.7 Å². The highest BCUT2D eigenvalue weighted by Gasteiger charge is 2.81. The van der Waals surface area contributed by atoms with Crippen molar-refractivity contribution in [3.8, 4) is 11.5 Å². The van der Waals surface area contributed by atoms with Crippen molar-refractivity contribution >= 4 is 56.9 Å². The molecule has 0 N–H and O–H groups in total. The van der Waals surface area contributed by atoms with Crippen LogP contribution in [0.4, 0.5) is 11.4 Å². The van der Waals surface area contributed by atoms with Crippen LogP contribution in [0.3, 0.4) is 0 Å². The van der Waals surface area contributed by atoms with Gasteiger partial charge in [-0.2, -0.15) is 0 Å². The van der Waals surface area contributed by atoms with Crippen molar-refractivity contribution in [3.05, 3.63) is 59.7 Å². The van der Waals surface area contributed by atoms with Crippen molar-refractivity contribution in [1.29, 1.82) is 0 Å². The minimum Gasteiger partial charge on any atom is -0.495 e. The van der Waals surface area contributed by atoms with Crippen molar-refractivity contribution < 1.29 is 38.2 Å². The first kappa shape index (κ1) is 28.1. The number of hydrogen-bond acceptors (Lipinski definition) is 8. The van der Waals surface area contributed by atoms with E-state index in [4.69, 9.17) is 14.2 Å². The number of carbonyl (C=O) groups is 5. The summed E-state index contributed by atoms with van der Waals surface area (Å²) in [5, 5.41) is 0. The molecule has 2 aromatic carbocycles. The number of alkyl halides is 1. The van der Waals surface area contributed by atoms with Gasteiger partial charge in [-0.3, -0.25) is 19.2 Å². The molecule has 3 aliphatic carbocycles. The van der Waals surface area contributed by atoms with Gasteiger partial charge in [-0.15, -0.1) is 0 Å². The van der Waals surface area contributed by atoms with E-state index >= 15 is 0 Å². The van der Waals surface area contributed by atoms with Crippen LogP contribution in [0.2, 0.25) is 0 Å². The number of methoxy groups -OCH3 is 2. The Kier molecular flexibility index (Phi) is 6.38. The molecule has 6 atom stereocenters. The smallest absolute Gasteiger partial charge is 0.334 e. The summed E-state index contributed by atoms with van der Waals surface area (Å²) in [6.07, 6.45) is 0. The van der Waals surface area contributed by atoms with Crippen LogP contribution in [0, 0.1) is 29.1 Å². The molecule has 10 nitrogen and oxygen atoms in total. The topological polar surface area (TPSA) is 120 Å². The van der Waals surface area contributed by atoms with Gasteiger partial charge in [-0.25, -0.2) is 14.6 Å². The summed E-state index contributed by atoms with van der Waals surface area (Å²) >= 11 is 3.78. The maximum atomic E-state index is 14.4. The van der Waals surface area contributed by atoms with Crippen LogP contribution in [0.5, 0.6) is 11.5 Å². The molecule has 5 aliphatic rings. The van der Waals surface area contributed by atoms with E-state index in [1.54, 1.807) is 69.3 Å². The zero-order chi connectivity index (χ0) is 30.3. The van der Waals surface area contributed by atoms with Crippen molar-refractivity contribution in [2.45, 2.75) is 25.1 Å². The van der Waals surface area contributed by atoms with E-state index in [2.05, 4.69) is 15.9 Å². The summed E-state index contributed by atoms with van der Waals surface area (Å²) < 4.78 is 14.9. The van der Waals surface area contributed by atoms with Gasteiger partial charge in [0.2, 0.25) is 23.6 Å². The third kappa shape index (κ3) is 3.22. The molecule has 7 rings (SSSR count). The van der Waals surface area contributed by atoms with Crippen LogP contribution in [0.15, 0.2) is 59.7 Å². The molecule has 0 spiro atoms. The van der Waals surface area contributed by atoms with Crippen molar-refractivity contribution in [1.82, 2.24) is 0 Å². The van der Waals surface area contributed by atoms with Crippen molar-refractivity contribution in [2.75, 3.05) is 30.6 Å². The summed E-state index contributed by atoms with van der Waals surface area (Å²) in [6, 6.07) is 13.3. The number of halogens is 1. The maximum Gasteiger partial charge on any atom is 0.334 e. The highest BCUT2D eigenvalue weighted by molar-refractivity contribution is 9.10. The first-order valence-corrected chi connectivity index (χ1v) is 14.4. The van der Waals surface area contributed by atoms with Gasteiger partial charge in [0.15, 0.2) is 0 Å². The van der Waals surface area contributed by atoms with Crippen LogP contribution >= 0.6 is 15.9 Å². The molecule has 0 radical (unpaired) electrons. The van der Waals surface area contributed by atoms with Gasteiger partial charge < -0.3 is 14.2 Å². The quantitative estimate of drug-likeness (QED) is 0.268. The Balaban J connectivity index is 1.60. The first-order valence-electron chi connectivity index (χ1n) is 13.6. The summed E-state index contributed by atoms with van der Waals surface area (Å²) in [6.45, 7) is 5.02. The Labute approximate surface area is 250 Å². The fraction of sp³-hybridized carbons (Fsp3) is 0.387. The van der Waals surface area contributed by atoms with Gasteiger partial charge >= 0.3 is 5.97 Å². The van der Waals surface area contributed by atoms with E-state index in [1.165, 1.54) is 14.2 Å². The average molecular weight is 637 g/mol. The lowest BCUT2D eigenvalue weighted by molar-refractivity contribution is -0.152. The molecule has 218 valence electrons. The van der Waals surface area contributed by atoms with E-state index in [0.717, 1.165) is 9.80 Å². The van der Waals surface area contributed by atoms with Crippen molar-refractivity contribution in [2.24, 2.45) is 29.1 Å². The highest BCUT2D eigenvalue weighted by Crippen LogP contribution is 2.73. The molecule has 11 heteroatoms. The van der Waals surface area contributed by atoms with Gasteiger partial charge in [-0.1, -0.05) is 47.1 Å². The number of hydrogen-bond donors (Lipinski definition) is 0. The van der Waals surface area contributed by atoms with Gasteiger partial charge in [0, 0.05) is 11.0 Å². The minimum atomic E-state index is -1.55. The fourth-order valence-electron chi connectivity index (χ4n) is 7.83. The van der Waals surface area contributed by atoms with Crippen LogP contribution in [0.25, 0.3) is 0 Å². The number of anilines is 2. The molecule has 2 saturated heterocycles. The summed E-state index contributed by atoms with van der Waals surface area (Å²) in [5.41, 5.74) is -0.518. The fourth-order valence-corrected chi connectivity index (χ4v) is 8.95. The van der Waals surface area contributed by atoms with Crippen LogP contribution < -0.4 is 19.3 Å². The van der Waals surface area contributed by atoms with E-state index < -0.39 is 63.0 Å². The van der Waals surface area contributed by atoms with Gasteiger partial charge in [-0.05, 0) is 43.7 Å². The second-order valence-electron chi connectivity index (χ2n) is 11.0. The zero-order valence-corrected chi connectivity index (χ0v) is 25.3. The largest absolute Gasteiger partial charge is 0.495 e. The number of amides is 4. The Bertz CT molecular complexity index is 1520. The Morgan fingerprint density at radius 3 is 1.60 bits per heavy atom. The third-order valence-electron chi connectivity index (χ3n) is 9.43. The number of nitrogens with zero attached hydrogens (tertiary/aromatic N) is 2. The van der Waals surface area contributed by atoms with E-state index in [0.29, 0.717) is 17.1 Å². The van der Waals surface area contributed by atoms with Crippen LogP contribution in [0.1, 0.15) is 20.8 Å². The maximum absolute atomic E-state index is 14.4. The predicted octanol–water partition coefficient (Wildman–Crippen LogP) is 3.66. The third-order valence-corrected chi connectivity index (χ3v) is 11.0. The second-order valence-corrected chi connectivity index (χ2v) is 12.4. The molecule has 2 unspecified atom stereocenters. The van der Waals surface area contributed by atoms with E-state index in [1.807, 2.05) is 0 Å². The highest BCUT2D eigenvalue weighted by atomic mass is 79.9. The second kappa shape index (κ2) is 9.52. The summed E-state index contributed by atoms with van der Waals surface area (Å²) in [4.78, 5) is 73.4. The minimum absolute atomic E-state index is 0.0591. The molecular weight excluding hydrogens is 608 g/mol. The summed E-state index contributed by atoms with van der Waals surface area (Å²) in [5.74, 6) is -6.79. The number of benzene rings is 2.